The third-order valence-electron chi connectivity index (χ3n) is 3.90. The molecule has 2 heterocycles. The van der Waals surface area contributed by atoms with Gasteiger partial charge in [-0.1, -0.05) is 18.5 Å². The Hall–Kier alpha value is -1.43. The first-order chi connectivity index (χ1) is 9.28. The Kier molecular flexibility index (Phi) is 3.50. The molecule has 6 heteroatoms. The van der Waals surface area contributed by atoms with Crippen molar-refractivity contribution in [2.24, 2.45) is 5.92 Å². The fraction of sp³-hybridized carbons (Fsp3) is 0.769. The molecule has 1 saturated carbocycles. The van der Waals surface area contributed by atoms with Crippen molar-refractivity contribution >= 4 is 5.91 Å². The van der Waals surface area contributed by atoms with Crippen LogP contribution >= 0.6 is 0 Å². The van der Waals surface area contributed by atoms with Gasteiger partial charge in [0.15, 0.2) is 0 Å². The van der Waals surface area contributed by atoms with E-state index in [0.717, 1.165) is 32.2 Å². The van der Waals surface area contributed by atoms with Crippen LogP contribution in [0.15, 0.2) is 4.52 Å². The predicted octanol–water partition coefficient (Wildman–Crippen LogP) is 1.41. The summed E-state index contributed by atoms with van der Waals surface area (Å²) in [5, 5.41) is 10.0. The van der Waals surface area contributed by atoms with Crippen LogP contribution in [-0.2, 0) is 0 Å². The lowest BCUT2D eigenvalue weighted by molar-refractivity contribution is 0.0935. The number of amides is 1. The minimum absolute atomic E-state index is 0.114. The van der Waals surface area contributed by atoms with Gasteiger partial charge >= 0.3 is 0 Å². The molecule has 1 amide bonds. The van der Waals surface area contributed by atoms with Crippen LogP contribution in [0.25, 0.3) is 0 Å². The van der Waals surface area contributed by atoms with Crippen LogP contribution in [0, 0.1) is 5.92 Å². The van der Waals surface area contributed by atoms with Gasteiger partial charge in [0, 0.05) is 6.04 Å². The van der Waals surface area contributed by atoms with Gasteiger partial charge in [-0.15, -0.1) is 0 Å². The number of carbonyl (C=O) groups excluding carboxylic acids is 1. The molecule has 3 atom stereocenters. The second-order valence-electron chi connectivity index (χ2n) is 5.47. The zero-order valence-corrected chi connectivity index (χ0v) is 11.2. The first-order valence-electron chi connectivity index (χ1n) is 7.15. The van der Waals surface area contributed by atoms with Gasteiger partial charge in [0.2, 0.25) is 5.89 Å². The second kappa shape index (κ2) is 5.28. The summed E-state index contributed by atoms with van der Waals surface area (Å²) in [6, 6.07) is 0.418. The molecule has 1 aromatic heterocycles. The highest BCUT2D eigenvalue weighted by Gasteiger charge is 2.38. The predicted molar refractivity (Wildman–Crippen MR) is 68.5 cm³/mol. The van der Waals surface area contributed by atoms with Crippen LogP contribution < -0.4 is 10.6 Å². The summed E-state index contributed by atoms with van der Waals surface area (Å²) in [5.74, 6) is 1.11. The molecule has 1 saturated heterocycles. The SMILES string of the molecule is CCCC1CC1NC(=O)c1noc(C2CCCN2)n1. The molecule has 2 aliphatic rings. The van der Waals surface area contributed by atoms with Gasteiger partial charge in [0.1, 0.15) is 0 Å². The van der Waals surface area contributed by atoms with Crippen LogP contribution in [0.5, 0.6) is 0 Å². The van der Waals surface area contributed by atoms with Crippen molar-refractivity contribution in [3.05, 3.63) is 11.7 Å². The zero-order valence-electron chi connectivity index (χ0n) is 11.2. The molecule has 3 rings (SSSR count). The maximum Gasteiger partial charge on any atom is 0.292 e. The Morgan fingerprint density at radius 1 is 1.58 bits per heavy atom. The summed E-state index contributed by atoms with van der Waals surface area (Å²) in [4.78, 5) is 16.1. The molecule has 0 radical (unpaired) electrons. The number of carbonyl (C=O) groups is 1. The standard InChI is InChI=1S/C13H20N4O2/c1-2-4-8-7-10(8)15-12(18)11-16-13(19-17-11)9-5-3-6-14-9/h8-10,14H,2-7H2,1H3,(H,15,18). The first kappa shape index (κ1) is 12.6. The number of hydrogen-bond donors (Lipinski definition) is 2. The minimum atomic E-state index is -0.211. The molecule has 1 aliphatic heterocycles. The van der Waals surface area contributed by atoms with E-state index in [1.54, 1.807) is 0 Å². The minimum Gasteiger partial charge on any atom is -0.346 e. The molecule has 6 nitrogen and oxygen atoms in total. The van der Waals surface area contributed by atoms with Gasteiger partial charge in [0.05, 0.1) is 6.04 Å². The Bertz CT molecular complexity index is 453. The van der Waals surface area contributed by atoms with E-state index in [4.69, 9.17) is 4.52 Å². The summed E-state index contributed by atoms with van der Waals surface area (Å²) in [6.45, 7) is 3.13. The van der Waals surface area contributed by atoms with Gasteiger partial charge in [-0.2, -0.15) is 4.98 Å². The van der Waals surface area contributed by atoms with Crippen LogP contribution in [0.2, 0.25) is 0 Å². The first-order valence-corrected chi connectivity index (χ1v) is 7.15. The molecule has 104 valence electrons. The molecule has 2 fully saturated rings. The molecule has 19 heavy (non-hydrogen) atoms. The monoisotopic (exact) mass is 264 g/mol. The Morgan fingerprint density at radius 3 is 3.21 bits per heavy atom. The van der Waals surface area contributed by atoms with Crippen molar-refractivity contribution in [1.82, 2.24) is 20.8 Å². The summed E-state index contributed by atoms with van der Waals surface area (Å²) in [7, 11) is 0. The molecule has 0 aromatic carbocycles. The topological polar surface area (TPSA) is 80.0 Å². The van der Waals surface area contributed by atoms with Crippen molar-refractivity contribution in [2.75, 3.05) is 6.54 Å². The number of aromatic nitrogens is 2. The second-order valence-corrected chi connectivity index (χ2v) is 5.47. The maximum absolute atomic E-state index is 12.0. The van der Waals surface area contributed by atoms with E-state index < -0.39 is 0 Å². The lowest BCUT2D eigenvalue weighted by Gasteiger charge is -2.01. The van der Waals surface area contributed by atoms with Crippen molar-refractivity contribution in [3.63, 3.8) is 0 Å². The van der Waals surface area contributed by atoms with Gasteiger partial charge < -0.3 is 15.2 Å². The van der Waals surface area contributed by atoms with Crippen LogP contribution in [0.1, 0.15) is 61.6 Å². The summed E-state index contributed by atoms with van der Waals surface area (Å²) in [5.41, 5.74) is 0. The van der Waals surface area contributed by atoms with Crippen LogP contribution in [0.3, 0.4) is 0 Å². The molecule has 0 spiro atoms. The molecule has 3 unspecified atom stereocenters. The normalized spacial score (nSPS) is 29.4. The number of hydrogen-bond acceptors (Lipinski definition) is 5. The van der Waals surface area contributed by atoms with Crippen LogP contribution in [0.4, 0.5) is 0 Å². The Morgan fingerprint density at radius 2 is 2.47 bits per heavy atom. The molecular formula is C13H20N4O2. The van der Waals surface area contributed by atoms with Gasteiger partial charge in [0.25, 0.3) is 11.7 Å². The maximum atomic E-state index is 12.0. The Balaban J connectivity index is 1.55. The summed E-state index contributed by atoms with van der Waals surface area (Å²) >= 11 is 0. The van der Waals surface area contributed by atoms with E-state index in [2.05, 4.69) is 27.7 Å². The third kappa shape index (κ3) is 2.78. The average Bonchev–Trinajstić information content (AvgIpc) is 2.91. The highest BCUT2D eigenvalue weighted by molar-refractivity contribution is 5.90. The van der Waals surface area contributed by atoms with Crippen molar-refractivity contribution < 1.29 is 9.32 Å². The van der Waals surface area contributed by atoms with E-state index in [1.807, 2.05) is 0 Å². The zero-order chi connectivity index (χ0) is 13.2. The van der Waals surface area contributed by atoms with Crippen LogP contribution in [-0.4, -0.2) is 28.6 Å². The summed E-state index contributed by atoms with van der Waals surface area (Å²) in [6.07, 6.45) is 5.51. The smallest absolute Gasteiger partial charge is 0.292 e. The fourth-order valence-corrected chi connectivity index (χ4v) is 2.71. The van der Waals surface area contributed by atoms with Gasteiger partial charge in [-0.05, 0) is 38.1 Å². The molecular weight excluding hydrogens is 244 g/mol. The fourth-order valence-electron chi connectivity index (χ4n) is 2.71. The van der Waals surface area contributed by atoms with Crippen molar-refractivity contribution in [1.29, 1.82) is 0 Å². The molecule has 0 bridgehead atoms. The third-order valence-corrected chi connectivity index (χ3v) is 3.90. The van der Waals surface area contributed by atoms with E-state index in [-0.39, 0.29) is 17.8 Å². The van der Waals surface area contributed by atoms with Gasteiger partial charge in [-0.3, -0.25) is 4.79 Å². The lowest BCUT2D eigenvalue weighted by atomic mass is 10.2. The Labute approximate surface area is 112 Å². The summed E-state index contributed by atoms with van der Waals surface area (Å²) < 4.78 is 5.16. The van der Waals surface area contributed by atoms with Crippen molar-refractivity contribution in [3.8, 4) is 0 Å². The van der Waals surface area contributed by atoms with Crippen molar-refractivity contribution in [2.45, 2.75) is 51.1 Å². The van der Waals surface area contributed by atoms with E-state index in [0.29, 0.717) is 17.9 Å². The largest absolute Gasteiger partial charge is 0.346 e. The molecule has 1 aromatic rings. The lowest BCUT2D eigenvalue weighted by Crippen LogP contribution is -2.28. The quantitative estimate of drug-likeness (QED) is 0.840. The van der Waals surface area contributed by atoms with Gasteiger partial charge in [-0.25, -0.2) is 0 Å². The number of rotatable bonds is 5. The average molecular weight is 264 g/mol. The van der Waals surface area contributed by atoms with E-state index in [1.165, 1.54) is 6.42 Å². The molecule has 1 aliphatic carbocycles. The van der Waals surface area contributed by atoms with E-state index >= 15 is 0 Å². The number of nitrogens with zero attached hydrogens (tertiary/aromatic N) is 2. The number of nitrogens with one attached hydrogen (secondary N) is 2. The highest BCUT2D eigenvalue weighted by Crippen LogP contribution is 2.34. The highest BCUT2D eigenvalue weighted by atomic mass is 16.5. The molecule has 2 N–H and O–H groups in total. The van der Waals surface area contributed by atoms with E-state index in [9.17, 15) is 4.79 Å².